The Hall–Kier alpha value is -2.75. The number of thiocarbonyl (C=S) groups is 1. The number of carbonyl (C=O) groups is 1. The minimum Gasteiger partial charge on any atom is -0.490 e. The maximum atomic E-state index is 13.0. The van der Waals surface area contributed by atoms with Gasteiger partial charge in [-0.25, -0.2) is 0 Å². The van der Waals surface area contributed by atoms with Crippen LogP contribution in [0.3, 0.4) is 0 Å². The number of carbonyl (C=O) groups excluding carboxylic acids is 1. The molecular formula is C24H30ClN3O5S. The third-order valence-corrected chi connectivity index (χ3v) is 5.40. The van der Waals surface area contributed by atoms with E-state index < -0.39 is 5.91 Å². The molecule has 1 fully saturated rings. The van der Waals surface area contributed by atoms with Crippen LogP contribution >= 0.6 is 23.8 Å². The zero-order valence-corrected chi connectivity index (χ0v) is 21.2. The van der Waals surface area contributed by atoms with Crippen LogP contribution in [0.4, 0.5) is 11.4 Å². The van der Waals surface area contributed by atoms with Crippen molar-refractivity contribution in [3.63, 3.8) is 0 Å². The monoisotopic (exact) mass is 507 g/mol. The van der Waals surface area contributed by atoms with Crippen molar-refractivity contribution in [2.45, 2.75) is 20.8 Å². The van der Waals surface area contributed by atoms with Gasteiger partial charge in [-0.15, -0.1) is 0 Å². The molecule has 8 nitrogen and oxygen atoms in total. The first kappa shape index (κ1) is 25.9. The van der Waals surface area contributed by atoms with E-state index in [4.69, 9.17) is 42.8 Å². The molecule has 1 heterocycles. The normalized spacial score (nSPS) is 13.2. The average molecular weight is 508 g/mol. The van der Waals surface area contributed by atoms with Crippen LogP contribution in [0.15, 0.2) is 30.3 Å². The minimum absolute atomic E-state index is 0.145. The Morgan fingerprint density at radius 2 is 1.65 bits per heavy atom. The SMILES string of the molecule is CCOc1cc(C(=O)NC(=S)Nc2cc(Cl)ccc2N2CCOCC2)cc(OCC)c1OCC. The van der Waals surface area contributed by atoms with Gasteiger partial charge in [0.05, 0.1) is 44.4 Å². The van der Waals surface area contributed by atoms with Crippen molar-refractivity contribution in [3.8, 4) is 17.2 Å². The van der Waals surface area contributed by atoms with E-state index in [0.717, 1.165) is 18.8 Å². The second-order valence-electron chi connectivity index (χ2n) is 7.27. The summed E-state index contributed by atoms with van der Waals surface area (Å²) in [5.41, 5.74) is 1.97. The lowest BCUT2D eigenvalue weighted by atomic mass is 10.1. The van der Waals surface area contributed by atoms with Crippen LogP contribution in [0.25, 0.3) is 0 Å². The molecule has 2 aromatic rings. The summed E-state index contributed by atoms with van der Waals surface area (Å²) >= 11 is 11.7. The second-order valence-corrected chi connectivity index (χ2v) is 8.11. The van der Waals surface area contributed by atoms with Crippen LogP contribution in [-0.4, -0.2) is 57.1 Å². The molecule has 2 aromatic carbocycles. The zero-order chi connectivity index (χ0) is 24.5. The molecule has 0 aliphatic carbocycles. The standard InChI is InChI=1S/C24H30ClN3O5S/c1-4-31-20-13-16(14-21(32-5-2)22(20)33-6-3)23(29)27-24(34)26-18-15-17(25)7-8-19(18)28-9-11-30-12-10-28/h7-8,13-15H,4-6,9-12H2,1-3H3,(H2,26,27,29,34). The van der Waals surface area contributed by atoms with Gasteiger partial charge < -0.3 is 29.2 Å². The van der Waals surface area contributed by atoms with E-state index in [1.54, 1.807) is 18.2 Å². The van der Waals surface area contributed by atoms with Gasteiger partial charge in [0.1, 0.15) is 0 Å². The summed E-state index contributed by atoms with van der Waals surface area (Å²) in [7, 11) is 0. The topological polar surface area (TPSA) is 81.3 Å². The largest absolute Gasteiger partial charge is 0.490 e. The van der Waals surface area contributed by atoms with E-state index in [9.17, 15) is 4.79 Å². The molecule has 0 unspecified atom stereocenters. The van der Waals surface area contributed by atoms with Crippen LogP contribution in [0, 0.1) is 0 Å². The molecule has 34 heavy (non-hydrogen) atoms. The summed E-state index contributed by atoms with van der Waals surface area (Å²) in [6, 6.07) is 8.77. The zero-order valence-electron chi connectivity index (χ0n) is 19.6. The molecule has 0 spiro atoms. The van der Waals surface area contributed by atoms with Crippen molar-refractivity contribution in [1.82, 2.24) is 5.32 Å². The number of nitrogens with one attached hydrogen (secondary N) is 2. The molecule has 0 bridgehead atoms. The number of benzene rings is 2. The van der Waals surface area contributed by atoms with Gasteiger partial charge in [-0.05, 0) is 63.3 Å². The number of hydrogen-bond acceptors (Lipinski definition) is 7. The number of amides is 1. The molecule has 1 amide bonds. The maximum Gasteiger partial charge on any atom is 0.257 e. The van der Waals surface area contributed by atoms with E-state index in [1.807, 2.05) is 32.9 Å². The lowest BCUT2D eigenvalue weighted by molar-refractivity contribution is 0.0976. The first-order chi connectivity index (χ1) is 16.5. The number of rotatable bonds is 9. The Labute approximate surface area is 210 Å². The lowest BCUT2D eigenvalue weighted by Gasteiger charge is -2.30. The highest BCUT2D eigenvalue weighted by atomic mass is 35.5. The van der Waals surface area contributed by atoms with Crippen LogP contribution in [0.5, 0.6) is 17.2 Å². The van der Waals surface area contributed by atoms with Gasteiger partial charge in [0.2, 0.25) is 5.75 Å². The Morgan fingerprint density at radius 3 is 2.24 bits per heavy atom. The predicted octanol–water partition coefficient (Wildman–Crippen LogP) is 4.50. The number of ether oxygens (including phenoxy) is 4. The first-order valence-electron chi connectivity index (χ1n) is 11.3. The first-order valence-corrected chi connectivity index (χ1v) is 12.1. The second kappa shape index (κ2) is 12.6. The Balaban J connectivity index is 1.79. The van der Waals surface area contributed by atoms with Crippen molar-refractivity contribution in [1.29, 1.82) is 0 Å². The van der Waals surface area contributed by atoms with Gasteiger partial charge in [-0.3, -0.25) is 10.1 Å². The van der Waals surface area contributed by atoms with Crippen molar-refractivity contribution in [3.05, 3.63) is 40.9 Å². The number of hydrogen-bond donors (Lipinski definition) is 2. The summed E-state index contributed by atoms with van der Waals surface area (Å²) in [6.07, 6.45) is 0. The number of anilines is 2. The molecule has 0 saturated carbocycles. The fourth-order valence-electron chi connectivity index (χ4n) is 3.54. The molecule has 0 radical (unpaired) electrons. The van der Waals surface area contributed by atoms with E-state index in [2.05, 4.69) is 15.5 Å². The van der Waals surface area contributed by atoms with E-state index in [0.29, 0.717) is 66.6 Å². The van der Waals surface area contributed by atoms with Gasteiger partial charge >= 0.3 is 0 Å². The molecule has 1 aliphatic rings. The highest BCUT2D eigenvalue weighted by Crippen LogP contribution is 2.39. The third-order valence-electron chi connectivity index (χ3n) is 4.96. The van der Waals surface area contributed by atoms with Crippen LogP contribution < -0.4 is 29.7 Å². The van der Waals surface area contributed by atoms with Crippen molar-refractivity contribution in [2.24, 2.45) is 0 Å². The predicted molar refractivity (Wildman–Crippen MR) is 138 cm³/mol. The average Bonchev–Trinajstić information content (AvgIpc) is 2.82. The van der Waals surface area contributed by atoms with Crippen LogP contribution in [0.1, 0.15) is 31.1 Å². The Kier molecular flexibility index (Phi) is 9.62. The van der Waals surface area contributed by atoms with Gasteiger partial charge in [-0.2, -0.15) is 0 Å². The molecule has 2 N–H and O–H groups in total. The molecule has 1 aliphatic heterocycles. The molecule has 0 atom stereocenters. The Bertz CT molecular complexity index is 987. The number of halogens is 1. The molecule has 184 valence electrons. The van der Waals surface area contributed by atoms with Crippen LogP contribution in [0.2, 0.25) is 5.02 Å². The number of morpholine rings is 1. The van der Waals surface area contributed by atoms with Gasteiger partial charge in [0.25, 0.3) is 5.91 Å². The summed E-state index contributed by atoms with van der Waals surface area (Å²) < 4.78 is 22.5. The van der Waals surface area contributed by atoms with E-state index in [1.165, 1.54) is 0 Å². The molecule has 10 heteroatoms. The summed E-state index contributed by atoms with van der Waals surface area (Å²) in [5.74, 6) is 0.933. The van der Waals surface area contributed by atoms with Crippen molar-refractivity contribution >= 4 is 46.2 Å². The fraction of sp³-hybridized carbons (Fsp3) is 0.417. The minimum atomic E-state index is -0.405. The summed E-state index contributed by atoms with van der Waals surface area (Å²) in [6.45, 7) is 9.64. The maximum absolute atomic E-state index is 13.0. The van der Waals surface area contributed by atoms with Gasteiger partial charge in [0.15, 0.2) is 16.6 Å². The fourth-order valence-corrected chi connectivity index (χ4v) is 3.91. The third kappa shape index (κ3) is 6.65. The lowest BCUT2D eigenvalue weighted by Crippen LogP contribution is -2.38. The summed E-state index contributed by atoms with van der Waals surface area (Å²) in [4.78, 5) is 15.2. The molecule has 1 saturated heterocycles. The molecular weight excluding hydrogens is 478 g/mol. The van der Waals surface area contributed by atoms with Crippen molar-refractivity contribution < 1.29 is 23.7 Å². The van der Waals surface area contributed by atoms with Gasteiger partial charge in [0, 0.05) is 23.7 Å². The summed E-state index contributed by atoms with van der Waals surface area (Å²) in [5, 5.41) is 6.54. The van der Waals surface area contributed by atoms with E-state index in [-0.39, 0.29) is 5.11 Å². The van der Waals surface area contributed by atoms with Gasteiger partial charge in [-0.1, -0.05) is 11.6 Å². The van der Waals surface area contributed by atoms with Crippen LogP contribution in [-0.2, 0) is 4.74 Å². The van der Waals surface area contributed by atoms with E-state index >= 15 is 0 Å². The highest BCUT2D eigenvalue weighted by molar-refractivity contribution is 7.80. The van der Waals surface area contributed by atoms with Crippen molar-refractivity contribution in [2.75, 3.05) is 56.3 Å². The molecule has 0 aromatic heterocycles. The highest BCUT2D eigenvalue weighted by Gasteiger charge is 2.20. The number of nitrogens with zero attached hydrogens (tertiary/aromatic N) is 1. The Morgan fingerprint density at radius 1 is 1.03 bits per heavy atom. The smallest absolute Gasteiger partial charge is 0.257 e. The quantitative estimate of drug-likeness (QED) is 0.480. The molecule has 3 rings (SSSR count).